The molecular weight excluding hydrogens is 292 g/mol. The van der Waals surface area contributed by atoms with Crippen LogP contribution in [-0.2, 0) is 7.05 Å². The predicted molar refractivity (Wildman–Crippen MR) is 79.5 cm³/mol. The highest BCUT2D eigenvalue weighted by Gasteiger charge is 2.20. The number of nitrogens with zero attached hydrogens (tertiary/aromatic N) is 5. The SMILES string of the molecule is CCCNc1ncc([N+](=O)[O-])c(Sc2cc(C)nn2C)n1. The molecule has 2 aromatic rings. The van der Waals surface area contributed by atoms with Gasteiger partial charge in [0.15, 0.2) is 5.03 Å². The monoisotopic (exact) mass is 308 g/mol. The highest BCUT2D eigenvalue weighted by atomic mass is 32.2. The van der Waals surface area contributed by atoms with E-state index in [1.807, 2.05) is 19.9 Å². The minimum absolute atomic E-state index is 0.110. The second-order valence-electron chi connectivity index (χ2n) is 4.42. The van der Waals surface area contributed by atoms with E-state index in [1.165, 1.54) is 18.0 Å². The molecule has 2 aromatic heterocycles. The van der Waals surface area contributed by atoms with Crippen molar-refractivity contribution in [2.45, 2.75) is 30.3 Å². The van der Waals surface area contributed by atoms with Crippen LogP contribution in [-0.4, -0.2) is 31.2 Å². The molecule has 1 N–H and O–H groups in total. The third-order valence-electron chi connectivity index (χ3n) is 2.63. The minimum Gasteiger partial charge on any atom is -0.354 e. The summed E-state index contributed by atoms with van der Waals surface area (Å²) < 4.78 is 1.67. The summed E-state index contributed by atoms with van der Waals surface area (Å²) in [6, 6.07) is 1.86. The van der Waals surface area contributed by atoms with Crippen LogP contribution in [0.4, 0.5) is 11.6 Å². The van der Waals surface area contributed by atoms with Crippen molar-refractivity contribution >= 4 is 23.4 Å². The molecule has 9 heteroatoms. The Hall–Kier alpha value is -2.16. The predicted octanol–water partition coefficient (Wildman–Crippen LogP) is 2.40. The summed E-state index contributed by atoms with van der Waals surface area (Å²) in [4.78, 5) is 18.8. The van der Waals surface area contributed by atoms with Gasteiger partial charge < -0.3 is 5.32 Å². The molecule has 0 aliphatic carbocycles. The lowest BCUT2D eigenvalue weighted by Crippen LogP contribution is -2.06. The molecule has 0 aliphatic heterocycles. The average molecular weight is 308 g/mol. The molecule has 0 aromatic carbocycles. The van der Waals surface area contributed by atoms with Crippen molar-refractivity contribution in [3.8, 4) is 0 Å². The average Bonchev–Trinajstić information content (AvgIpc) is 2.74. The van der Waals surface area contributed by atoms with Crippen molar-refractivity contribution in [3.63, 3.8) is 0 Å². The van der Waals surface area contributed by atoms with E-state index in [0.717, 1.165) is 17.1 Å². The van der Waals surface area contributed by atoms with Gasteiger partial charge in [-0.25, -0.2) is 4.98 Å². The van der Waals surface area contributed by atoms with Gasteiger partial charge in [-0.3, -0.25) is 14.8 Å². The number of rotatable bonds is 6. The number of hydrogen-bond acceptors (Lipinski definition) is 7. The fourth-order valence-corrected chi connectivity index (χ4v) is 2.63. The Kier molecular flexibility index (Phi) is 4.73. The number of aromatic nitrogens is 4. The smallest absolute Gasteiger partial charge is 0.320 e. The third kappa shape index (κ3) is 3.69. The van der Waals surface area contributed by atoms with Gasteiger partial charge in [0.05, 0.1) is 10.6 Å². The lowest BCUT2D eigenvalue weighted by Gasteiger charge is -2.06. The largest absolute Gasteiger partial charge is 0.354 e. The molecule has 0 saturated carbocycles. The molecule has 0 atom stereocenters. The maximum Gasteiger partial charge on any atom is 0.320 e. The topological polar surface area (TPSA) is 98.8 Å². The normalized spacial score (nSPS) is 10.6. The lowest BCUT2D eigenvalue weighted by molar-refractivity contribution is -0.388. The molecule has 8 nitrogen and oxygen atoms in total. The first-order valence-electron chi connectivity index (χ1n) is 6.45. The Balaban J connectivity index is 2.34. The molecule has 0 radical (unpaired) electrons. The van der Waals surface area contributed by atoms with Gasteiger partial charge in [0.2, 0.25) is 5.95 Å². The minimum atomic E-state index is -0.477. The Labute approximate surface area is 126 Å². The van der Waals surface area contributed by atoms with Crippen LogP contribution < -0.4 is 5.32 Å². The summed E-state index contributed by atoms with van der Waals surface area (Å²) >= 11 is 1.21. The van der Waals surface area contributed by atoms with Gasteiger partial charge in [0.1, 0.15) is 11.2 Å². The Morgan fingerprint density at radius 1 is 1.52 bits per heavy atom. The molecule has 112 valence electrons. The Morgan fingerprint density at radius 2 is 2.29 bits per heavy atom. The van der Waals surface area contributed by atoms with Crippen LogP contribution in [0.1, 0.15) is 19.0 Å². The zero-order chi connectivity index (χ0) is 15.4. The number of aryl methyl sites for hydroxylation is 2. The van der Waals surface area contributed by atoms with Crippen molar-refractivity contribution in [1.29, 1.82) is 0 Å². The molecule has 0 saturated heterocycles. The van der Waals surface area contributed by atoms with Gasteiger partial charge in [-0.2, -0.15) is 10.1 Å². The molecule has 0 unspecified atom stereocenters. The first-order valence-corrected chi connectivity index (χ1v) is 7.26. The van der Waals surface area contributed by atoms with Gasteiger partial charge in [0, 0.05) is 13.6 Å². The van der Waals surface area contributed by atoms with Crippen LogP contribution in [0.2, 0.25) is 0 Å². The van der Waals surface area contributed by atoms with Crippen molar-refractivity contribution in [3.05, 3.63) is 28.1 Å². The van der Waals surface area contributed by atoms with Crippen molar-refractivity contribution in [1.82, 2.24) is 19.7 Å². The van der Waals surface area contributed by atoms with E-state index in [9.17, 15) is 10.1 Å². The van der Waals surface area contributed by atoms with E-state index >= 15 is 0 Å². The summed E-state index contributed by atoms with van der Waals surface area (Å²) in [5, 5.41) is 19.4. The summed E-state index contributed by atoms with van der Waals surface area (Å²) in [5.74, 6) is 0.392. The van der Waals surface area contributed by atoms with Gasteiger partial charge >= 0.3 is 5.69 Å². The molecule has 0 spiro atoms. The molecule has 2 heterocycles. The first-order chi connectivity index (χ1) is 10.0. The second kappa shape index (κ2) is 6.53. The summed E-state index contributed by atoms with van der Waals surface area (Å²) in [5.41, 5.74) is 0.738. The van der Waals surface area contributed by atoms with Crippen LogP contribution in [0.15, 0.2) is 22.3 Å². The maximum absolute atomic E-state index is 11.1. The zero-order valence-electron chi connectivity index (χ0n) is 12.0. The van der Waals surface area contributed by atoms with Crippen LogP contribution in [0.3, 0.4) is 0 Å². The lowest BCUT2D eigenvalue weighted by atomic mass is 10.5. The van der Waals surface area contributed by atoms with Crippen molar-refractivity contribution in [2.75, 3.05) is 11.9 Å². The number of anilines is 1. The van der Waals surface area contributed by atoms with Gasteiger partial charge in [-0.05, 0) is 31.2 Å². The summed E-state index contributed by atoms with van der Waals surface area (Å²) in [6.45, 7) is 4.60. The molecule has 21 heavy (non-hydrogen) atoms. The highest BCUT2D eigenvalue weighted by molar-refractivity contribution is 7.99. The number of hydrogen-bond donors (Lipinski definition) is 1. The van der Waals surface area contributed by atoms with Gasteiger partial charge in [0.25, 0.3) is 0 Å². The summed E-state index contributed by atoms with van der Waals surface area (Å²) in [7, 11) is 1.79. The van der Waals surface area contributed by atoms with Crippen molar-refractivity contribution in [2.24, 2.45) is 7.05 Å². The summed E-state index contributed by atoms with van der Waals surface area (Å²) in [6.07, 6.45) is 2.15. The molecular formula is C12H16N6O2S. The quantitative estimate of drug-likeness (QED) is 0.497. The van der Waals surface area contributed by atoms with Gasteiger partial charge in [-0.15, -0.1) is 0 Å². The molecule has 0 fully saturated rings. The van der Waals surface area contributed by atoms with Crippen LogP contribution in [0.25, 0.3) is 0 Å². The van der Waals surface area contributed by atoms with Crippen LogP contribution in [0.5, 0.6) is 0 Å². The molecule has 0 aliphatic rings. The first kappa shape index (κ1) is 15.2. The van der Waals surface area contributed by atoms with Gasteiger partial charge in [-0.1, -0.05) is 6.92 Å². The maximum atomic E-state index is 11.1. The van der Waals surface area contributed by atoms with E-state index in [2.05, 4.69) is 20.4 Å². The standard InChI is InChI=1S/C12H16N6O2S/c1-4-5-13-12-14-7-9(18(19)20)11(15-12)21-10-6-8(2)16-17(10)3/h6-7H,4-5H2,1-3H3,(H,13,14,15). The van der Waals surface area contributed by atoms with E-state index in [-0.39, 0.29) is 5.69 Å². The van der Waals surface area contributed by atoms with E-state index < -0.39 is 4.92 Å². The van der Waals surface area contributed by atoms with Crippen LogP contribution in [0, 0.1) is 17.0 Å². The Bertz CT molecular complexity index is 657. The Morgan fingerprint density at radius 3 is 2.86 bits per heavy atom. The van der Waals surface area contributed by atoms with E-state index in [1.54, 1.807) is 11.7 Å². The van der Waals surface area contributed by atoms with E-state index in [4.69, 9.17) is 0 Å². The zero-order valence-corrected chi connectivity index (χ0v) is 12.8. The van der Waals surface area contributed by atoms with Crippen LogP contribution >= 0.6 is 11.8 Å². The molecule has 2 rings (SSSR count). The second-order valence-corrected chi connectivity index (χ2v) is 5.43. The third-order valence-corrected chi connectivity index (χ3v) is 3.71. The molecule has 0 amide bonds. The van der Waals surface area contributed by atoms with E-state index in [0.29, 0.717) is 17.5 Å². The number of nitrogens with one attached hydrogen (secondary N) is 1. The van der Waals surface area contributed by atoms with Crippen molar-refractivity contribution < 1.29 is 4.92 Å². The molecule has 0 bridgehead atoms. The fourth-order valence-electron chi connectivity index (χ4n) is 1.66. The fraction of sp³-hybridized carbons (Fsp3) is 0.417. The number of nitro groups is 1. The highest BCUT2D eigenvalue weighted by Crippen LogP contribution is 2.33.